The SMILES string of the molecule is CCOC(=O)C1(NC(C)C)CCC(SCC2CCCO2)C1. The van der Waals surface area contributed by atoms with Crippen LogP contribution in [-0.4, -0.2) is 47.9 Å². The van der Waals surface area contributed by atoms with Crippen LogP contribution in [0, 0.1) is 0 Å². The van der Waals surface area contributed by atoms with Crippen LogP contribution in [0.4, 0.5) is 0 Å². The molecular formula is C16H29NO3S. The van der Waals surface area contributed by atoms with Gasteiger partial charge in [0, 0.05) is 23.7 Å². The van der Waals surface area contributed by atoms with Crippen LogP contribution in [0.15, 0.2) is 0 Å². The minimum absolute atomic E-state index is 0.0704. The minimum Gasteiger partial charge on any atom is -0.465 e. The first-order chi connectivity index (χ1) is 10.1. The summed E-state index contributed by atoms with van der Waals surface area (Å²) >= 11 is 1.97. The molecule has 3 unspecified atom stereocenters. The van der Waals surface area contributed by atoms with Gasteiger partial charge in [0.1, 0.15) is 5.54 Å². The highest BCUT2D eigenvalue weighted by molar-refractivity contribution is 7.99. The van der Waals surface area contributed by atoms with Crippen LogP contribution in [0.1, 0.15) is 52.9 Å². The molecule has 2 fully saturated rings. The second-order valence-corrected chi connectivity index (χ2v) is 7.77. The summed E-state index contributed by atoms with van der Waals surface area (Å²) in [7, 11) is 0. The molecule has 2 aliphatic rings. The molecule has 0 bridgehead atoms. The Morgan fingerprint density at radius 1 is 1.48 bits per heavy atom. The number of rotatable bonds is 7. The third-order valence-electron chi connectivity index (χ3n) is 4.24. The summed E-state index contributed by atoms with van der Waals surface area (Å²) in [5, 5.41) is 4.01. The highest BCUT2D eigenvalue weighted by Gasteiger charge is 2.46. The number of carbonyl (C=O) groups is 1. The van der Waals surface area contributed by atoms with Gasteiger partial charge in [-0.3, -0.25) is 10.1 Å². The van der Waals surface area contributed by atoms with Crippen molar-refractivity contribution in [1.82, 2.24) is 5.32 Å². The van der Waals surface area contributed by atoms with Crippen LogP contribution < -0.4 is 5.32 Å². The average Bonchev–Trinajstić information content (AvgIpc) is 3.06. The monoisotopic (exact) mass is 315 g/mol. The lowest BCUT2D eigenvalue weighted by Gasteiger charge is -2.30. The Morgan fingerprint density at radius 3 is 2.90 bits per heavy atom. The lowest BCUT2D eigenvalue weighted by molar-refractivity contribution is -0.151. The fourth-order valence-electron chi connectivity index (χ4n) is 3.36. The number of carbonyl (C=O) groups excluding carboxylic acids is 1. The molecule has 3 atom stereocenters. The van der Waals surface area contributed by atoms with E-state index >= 15 is 0 Å². The molecule has 0 radical (unpaired) electrons. The molecule has 4 nitrogen and oxygen atoms in total. The summed E-state index contributed by atoms with van der Waals surface area (Å²) in [6.07, 6.45) is 5.64. The Labute approximate surface area is 132 Å². The van der Waals surface area contributed by atoms with Gasteiger partial charge in [0.25, 0.3) is 0 Å². The van der Waals surface area contributed by atoms with Crippen LogP contribution in [0.25, 0.3) is 0 Å². The Balaban J connectivity index is 1.88. The summed E-state index contributed by atoms with van der Waals surface area (Å²) in [4.78, 5) is 12.4. The predicted molar refractivity (Wildman–Crippen MR) is 86.7 cm³/mol. The fraction of sp³-hybridized carbons (Fsp3) is 0.938. The molecule has 1 aliphatic heterocycles. The lowest BCUT2D eigenvalue weighted by Crippen LogP contribution is -2.54. The topological polar surface area (TPSA) is 47.6 Å². The second kappa shape index (κ2) is 7.84. The van der Waals surface area contributed by atoms with E-state index in [-0.39, 0.29) is 12.0 Å². The molecule has 5 heteroatoms. The Bertz CT molecular complexity index is 344. The van der Waals surface area contributed by atoms with Crippen molar-refractivity contribution in [2.45, 2.75) is 75.8 Å². The highest BCUT2D eigenvalue weighted by Crippen LogP contribution is 2.39. The molecule has 1 saturated carbocycles. The van der Waals surface area contributed by atoms with E-state index in [0.717, 1.165) is 31.6 Å². The maximum absolute atomic E-state index is 12.4. The molecular weight excluding hydrogens is 286 g/mol. The zero-order chi connectivity index (χ0) is 15.3. The van der Waals surface area contributed by atoms with Crippen molar-refractivity contribution in [1.29, 1.82) is 0 Å². The van der Waals surface area contributed by atoms with E-state index in [9.17, 15) is 4.79 Å². The third-order valence-corrected chi connectivity index (χ3v) is 5.68. The summed E-state index contributed by atoms with van der Waals surface area (Å²) < 4.78 is 11.0. The molecule has 0 aromatic heterocycles. The molecule has 0 amide bonds. The molecule has 1 heterocycles. The standard InChI is InChI=1S/C16H29NO3S/c1-4-19-15(18)16(17-12(2)3)8-7-14(10-16)21-11-13-6-5-9-20-13/h12-14,17H,4-11H2,1-3H3. The number of thioether (sulfide) groups is 1. The van der Waals surface area contributed by atoms with Crippen molar-refractivity contribution in [3.8, 4) is 0 Å². The normalized spacial score (nSPS) is 32.8. The largest absolute Gasteiger partial charge is 0.465 e. The number of nitrogens with one attached hydrogen (secondary N) is 1. The molecule has 2 rings (SSSR count). The summed E-state index contributed by atoms with van der Waals surface area (Å²) in [5.74, 6) is 0.990. The number of hydrogen-bond acceptors (Lipinski definition) is 5. The van der Waals surface area contributed by atoms with Gasteiger partial charge in [-0.1, -0.05) is 0 Å². The number of ether oxygens (including phenoxy) is 2. The third kappa shape index (κ3) is 4.60. The Morgan fingerprint density at radius 2 is 2.29 bits per heavy atom. The van der Waals surface area contributed by atoms with E-state index in [1.807, 2.05) is 18.7 Å². The molecule has 1 aliphatic carbocycles. The minimum atomic E-state index is -0.474. The molecule has 1 saturated heterocycles. The first kappa shape index (κ1) is 17.1. The zero-order valence-corrected chi connectivity index (χ0v) is 14.3. The van der Waals surface area contributed by atoms with Gasteiger partial charge in [-0.15, -0.1) is 0 Å². The van der Waals surface area contributed by atoms with E-state index < -0.39 is 5.54 Å². The van der Waals surface area contributed by atoms with Crippen LogP contribution in [0.5, 0.6) is 0 Å². The molecule has 0 aromatic carbocycles. The van der Waals surface area contributed by atoms with Gasteiger partial charge in [0.2, 0.25) is 0 Å². The van der Waals surface area contributed by atoms with Crippen molar-refractivity contribution in [3.05, 3.63) is 0 Å². The Hall–Kier alpha value is -0.260. The molecule has 0 aromatic rings. The fourth-order valence-corrected chi connectivity index (χ4v) is 4.80. The van der Waals surface area contributed by atoms with Crippen LogP contribution in [0.3, 0.4) is 0 Å². The summed E-state index contributed by atoms with van der Waals surface area (Å²) in [6, 6.07) is 0.288. The van der Waals surface area contributed by atoms with Gasteiger partial charge >= 0.3 is 5.97 Å². The van der Waals surface area contributed by atoms with E-state index in [0.29, 0.717) is 18.0 Å². The number of esters is 1. The van der Waals surface area contributed by atoms with E-state index in [4.69, 9.17) is 9.47 Å². The summed E-state index contributed by atoms with van der Waals surface area (Å²) in [6.45, 7) is 7.42. The van der Waals surface area contributed by atoms with Crippen molar-refractivity contribution in [2.75, 3.05) is 19.0 Å². The van der Waals surface area contributed by atoms with Crippen molar-refractivity contribution < 1.29 is 14.3 Å². The maximum Gasteiger partial charge on any atom is 0.326 e. The van der Waals surface area contributed by atoms with E-state index in [2.05, 4.69) is 19.2 Å². The van der Waals surface area contributed by atoms with Crippen molar-refractivity contribution in [3.63, 3.8) is 0 Å². The molecule has 1 N–H and O–H groups in total. The second-order valence-electron chi connectivity index (χ2n) is 6.43. The summed E-state index contributed by atoms with van der Waals surface area (Å²) in [5.41, 5.74) is -0.474. The first-order valence-corrected chi connectivity index (χ1v) is 9.29. The van der Waals surface area contributed by atoms with E-state index in [1.54, 1.807) is 0 Å². The average molecular weight is 315 g/mol. The predicted octanol–water partition coefficient (Wildman–Crippen LogP) is 2.75. The Kier molecular flexibility index (Phi) is 6.38. The van der Waals surface area contributed by atoms with Crippen molar-refractivity contribution >= 4 is 17.7 Å². The molecule has 21 heavy (non-hydrogen) atoms. The maximum atomic E-state index is 12.4. The van der Waals surface area contributed by atoms with Gasteiger partial charge in [0.15, 0.2) is 0 Å². The van der Waals surface area contributed by atoms with Gasteiger partial charge in [-0.25, -0.2) is 0 Å². The quantitative estimate of drug-likeness (QED) is 0.732. The molecule has 122 valence electrons. The van der Waals surface area contributed by atoms with Crippen LogP contribution in [0.2, 0.25) is 0 Å². The first-order valence-electron chi connectivity index (χ1n) is 8.24. The van der Waals surface area contributed by atoms with Gasteiger partial charge in [0.05, 0.1) is 12.7 Å². The van der Waals surface area contributed by atoms with Gasteiger partial charge in [-0.2, -0.15) is 11.8 Å². The number of hydrogen-bond donors (Lipinski definition) is 1. The smallest absolute Gasteiger partial charge is 0.326 e. The molecule has 0 spiro atoms. The highest BCUT2D eigenvalue weighted by atomic mass is 32.2. The van der Waals surface area contributed by atoms with Gasteiger partial charge < -0.3 is 9.47 Å². The lowest BCUT2D eigenvalue weighted by atomic mass is 9.96. The van der Waals surface area contributed by atoms with Crippen LogP contribution in [-0.2, 0) is 14.3 Å². The van der Waals surface area contributed by atoms with Crippen molar-refractivity contribution in [2.24, 2.45) is 0 Å². The zero-order valence-electron chi connectivity index (χ0n) is 13.5. The van der Waals surface area contributed by atoms with E-state index in [1.165, 1.54) is 12.8 Å². The van der Waals surface area contributed by atoms with Crippen LogP contribution >= 0.6 is 11.8 Å². The van der Waals surface area contributed by atoms with Gasteiger partial charge in [-0.05, 0) is 52.9 Å².